The lowest BCUT2D eigenvalue weighted by molar-refractivity contribution is -0.142. The minimum Gasteiger partial charge on any atom is -0.496 e. The number of nitrogens with zero attached hydrogens (tertiary/aromatic N) is 4. The summed E-state index contributed by atoms with van der Waals surface area (Å²) in [5.74, 6) is -0.727. The summed E-state index contributed by atoms with van der Waals surface area (Å²) in [4.78, 5) is 62.6. The van der Waals surface area contributed by atoms with E-state index >= 15 is 0 Å². The molecule has 0 saturated carbocycles. The summed E-state index contributed by atoms with van der Waals surface area (Å²) in [5, 5.41) is 0. The van der Waals surface area contributed by atoms with Crippen LogP contribution >= 0.6 is 11.3 Å². The van der Waals surface area contributed by atoms with Crippen LogP contribution in [0.1, 0.15) is 44.9 Å². The Bertz CT molecular complexity index is 1800. The Labute approximate surface area is 246 Å². The second-order valence-electron chi connectivity index (χ2n) is 9.71. The fourth-order valence-corrected chi connectivity index (χ4v) is 6.64. The number of carbonyl (C=O) groups is 3. The van der Waals surface area contributed by atoms with Gasteiger partial charge in [0.1, 0.15) is 22.9 Å². The molecule has 0 bridgehead atoms. The molecule has 0 N–H and O–H groups in total. The van der Waals surface area contributed by atoms with Crippen LogP contribution in [-0.2, 0) is 19.1 Å². The Morgan fingerprint density at radius 1 is 1.02 bits per heavy atom. The average Bonchev–Trinajstić information content (AvgIpc) is 3.45. The number of rotatable bonds is 8. The molecule has 11 heteroatoms. The molecule has 10 nitrogen and oxygen atoms in total. The molecule has 0 fully saturated rings. The van der Waals surface area contributed by atoms with Gasteiger partial charge in [0.05, 0.1) is 36.2 Å². The van der Waals surface area contributed by atoms with E-state index in [4.69, 9.17) is 14.5 Å². The highest BCUT2D eigenvalue weighted by atomic mass is 32.1. The highest BCUT2D eigenvalue weighted by molar-refractivity contribution is 7.07. The van der Waals surface area contributed by atoms with E-state index in [1.807, 2.05) is 32.0 Å². The van der Waals surface area contributed by atoms with Crippen LogP contribution in [0.15, 0.2) is 69.6 Å². The van der Waals surface area contributed by atoms with Crippen molar-refractivity contribution in [1.29, 1.82) is 0 Å². The maximum atomic E-state index is 14.4. The van der Waals surface area contributed by atoms with E-state index in [1.165, 1.54) is 9.47 Å². The fourth-order valence-electron chi connectivity index (χ4n) is 5.51. The third-order valence-corrected chi connectivity index (χ3v) is 8.51. The number of aromatic nitrogens is 1. The van der Waals surface area contributed by atoms with Gasteiger partial charge >= 0.3 is 5.97 Å². The highest BCUT2D eigenvalue weighted by Gasteiger charge is 2.39. The number of fused-ring (bicyclic) bond motifs is 2. The van der Waals surface area contributed by atoms with E-state index in [2.05, 4.69) is 0 Å². The molecule has 0 spiro atoms. The zero-order valence-electron chi connectivity index (χ0n) is 24.2. The SMILES string of the molecule is CCOC(=O)CN1C(=O)/C(=c2\sc3n(c2=O)[C@H](c2ccccc2OC)C(C(=O)N(CC)CC)=C(C)N=3)c2ccccc21. The van der Waals surface area contributed by atoms with Gasteiger partial charge in [0.25, 0.3) is 17.4 Å². The summed E-state index contributed by atoms with van der Waals surface area (Å²) in [6, 6.07) is 13.5. The number of likely N-dealkylation sites (N-methyl/N-ethyl adjacent to an activating group) is 1. The lowest BCUT2D eigenvalue weighted by Crippen LogP contribution is -2.43. The molecule has 3 aromatic rings. The molecule has 3 heterocycles. The number of esters is 1. The molecule has 2 aliphatic heterocycles. The fraction of sp³-hybridized carbons (Fsp3) is 0.323. The van der Waals surface area contributed by atoms with Crippen molar-refractivity contribution in [3.8, 4) is 5.75 Å². The molecule has 0 aliphatic carbocycles. The lowest BCUT2D eigenvalue weighted by atomic mass is 9.94. The topological polar surface area (TPSA) is 111 Å². The van der Waals surface area contributed by atoms with Gasteiger partial charge in [-0.15, -0.1) is 0 Å². The first-order valence-corrected chi connectivity index (χ1v) is 14.6. The van der Waals surface area contributed by atoms with E-state index in [9.17, 15) is 19.2 Å². The van der Waals surface area contributed by atoms with Crippen LogP contribution in [0.5, 0.6) is 5.75 Å². The van der Waals surface area contributed by atoms with Crippen molar-refractivity contribution >= 4 is 40.4 Å². The van der Waals surface area contributed by atoms with Gasteiger partial charge in [-0.3, -0.25) is 28.6 Å². The molecular weight excluding hydrogens is 556 g/mol. The highest BCUT2D eigenvalue weighted by Crippen LogP contribution is 2.37. The van der Waals surface area contributed by atoms with Gasteiger partial charge < -0.3 is 14.4 Å². The van der Waals surface area contributed by atoms with Crippen molar-refractivity contribution in [2.24, 2.45) is 4.99 Å². The second-order valence-corrected chi connectivity index (χ2v) is 10.7. The van der Waals surface area contributed by atoms with Gasteiger partial charge in [-0.2, -0.15) is 0 Å². The van der Waals surface area contributed by atoms with Gasteiger partial charge in [0.2, 0.25) is 0 Å². The van der Waals surface area contributed by atoms with E-state index in [0.717, 1.165) is 11.3 Å². The number of benzene rings is 2. The number of amides is 2. The molecule has 2 amide bonds. The molecule has 1 atom stereocenters. The Hall–Kier alpha value is -4.51. The van der Waals surface area contributed by atoms with E-state index < -0.39 is 23.5 Å². The third-order valence-electron chi connectivity index (χ3n) is 7.45. The van der Waals surface area contributed by atoms with Gasteiger partial charge in [-0.25, -0.2) is 4.99 Å². The quantitative estimate of drug-likeness (QED) is 0.374. The first kappa shape index (κ1) is 29.0. The number of hydrogen-bond donors (Lipinski definition) is 0. The summed E-state index contributed by atoms with van der Waals surface area (Å²) in [5.41, 5.74) is 2.28. The molecule has 42 heavy (non-hydrogen) atoms. The average molecular weight is 589 g/mol. The van der Waals surface area contributed by atoms with Crippen molar-refractivity contribution in [3.63, 3.8) is 0 Å². The number of ether oxygens (including phenoxy) is 2. The second kappa shape index (κ2) is 11.8. The first-order chi connectivity index (χ1) is 20.3. The van der Waals surface area contributed by atoms with Gasteiger partial charge in [0, 0.05) is 24.2 Å². The zero-order valence-corrected chi connectivity index (χ0v) is 25.0. The Morgan fingerprint density at radius 3 is 2.40 bits per heavy atom. The third kappa shape index (κ3) is 4.73. The maximum Gasteiger partial charge on any atom is 0.326 e. The molecular formula is C31H32N4O6S. The van der Waals surface area contributed by atoms with Crippen molar-refractivity contribution in [3.05, 3.63) is 90.6 Å². The van der Waals surface area contributed by atoms with Crippen LogP contribution in [0.4, 0.5) is 5.69 Å². The van der Waals surface area contributed by atoms with Gasteiger partial charge in [0.15, 0.2) is 4.80 Å². The van der Waals surface area contributed by atoms with Crippen LogP contribution in [-0.4, -0.2) is 60.6 Å². The molecule has 0 saturated heterocycles. The van der Waals surface area contributed by atoms with Crippen LogP contribution in [0.25, 0.3) is 5.57 Å². The van der Waals surface area contributed by atoms with Gasteiger partial charge in [-0.05, 0) is 39.8 Å². The summed E-state index contributed by atoms with van der Waals surface area (Å²) in [7, 11) is 1.54. The predicted molar refractivity (Wildman–Crippen MR) is 159 cm³/mol. The number of methoxy groups -OCH3 is 1. The number of thiazole rings is 1. The number of hydrogen-bond acceptors (Lipinski definition) is 8. The van der Waals surface area contributed by atoms with Crippen LogP contribution < -0.4 is 24.5 Å². The minimum atomic E-state index is -0.831. The number of carbonyl (C=O) groups excluding carboxylic acids is 3. The molecule has 1 aromatic heterocycles. The van der Waals surface area contributed by atoms with E-state index in [1.54, 1.807) is 56.2 Å². The Balaban J connectivity index is 1.79. The number of para-hydroxylation sites is 2. The summed E-state index contributed by atoms with van der Waals surface area (Å²) < 4.78 is 12.4. The van der Waals surface area contributed by atoms with E-state index in [0.29, 0.717) is 51.7 Å². The lowest BCUT2D eigenvalue weighted by Gasteiger charge is -2.29. The minimum absolute atomic E-state index is 0.182. The van der Waals surface area contributed by atoms with Crippen molar-refractivity contribution in [2.45, 2.75) is 33.7 Å². The normalized spacial score (nSPS) is 17.0. The Morgan fingerprint density at radius 2 is 1.71 bits per heavy atom. The van der Waals surface area contributed by atoms with Crippen LogP contribution in [0.2, 0.25) is 0 Å². The standard InChI is InChI=1S/C31H32N4O6S/c1-6-33(7-2)28(37)24-18(4)32-31-35(26(24)20-14-10-12-16-22(20)40-5)30(39)27(42-31)25-19-13-9-11-15-21(19)34(29(25)38)17-23(36)41-8-3/h9-16,26H,6-8,17H2,1-5H3/b27-25-/t26-/m1/s1. The number of anilines is 1. The smallest absolute Gasteiger partial charge is 0.326 e. The maximum absolute atomic E-state index is 14.4. The first-order valence-electron chi connectivity index (χ1n) is 13.8. The summed E-state index contributed by atoms with van der Waals surface area (Å²) >= 11 is 1.09. The summed E-state index contributed by atoms with van der Waals surface area (Å²) in [6.45, 7) is 8.14. The monoisotopic (exact) mass is 588 g/mol. The zero-order chi connectivity index (χ0) is 30.1. The predicted octanol–water partition coefficient (Wildman–Crippen LogP) is 2.39. The summed E-state index contributed by atoms with van der Waals surface area (Å²) in [6.07, 6.45) is 0. The van der Waals surface area contributed by atoms with Crippen molar-refractivity contribution < 1.29 is 23.9 Å². The van der Waals surface area contributed by atoms with Crippen LogP contribution in [0, 0.1) is 0 Å². The molecule has 2 aromatic carbocycles. The van der Waals surface area contributed by atoms with Crippen molar-refractivity contribution in [1.82, 2.24) is 9.47 Å². The molecule has 5 rings (SSSR count). The molecule has 0 unspecified atom stereocenters. The Kier molecular flexibility index (Phi) is 8.13. The van der Waals surface area contributed by atoms with Crippen LogP contribution in [0.3, 0.4) is 0 Å². The molecule has 218 valence electrons. The molecule has 2 aliphatic rings. The largest absolute Gasteiger partial charge is 0.496 e. The van der Waals surface area contributed by atoms with E-state index in [-0.39, 0.29) is 29.2 Å². The number of allylic oxidation sites excluding steroid dienone is 1. The van der Waals surface area contributed by atoms with Crippen molar-refractivity contribution in [2.75, 3.05) is 38.3 Å². The molecule has 0 radical (unpaired) electrons. The van der Waals surface area contributed by atoms with Gasteiger partial charge in [-0.1, -0.05) is 47.7 Å².